The zero-order valence-electron chi connectivity index (χ0n) is 22.7. The van der Waals surface area contributed by atoms with Crippen molar-refractivity contribution >= 4 is 28.5 Å². The maximum absolute atomic E-state index is 14.5. The Morgan fingerprint density at radius 3 is 1.47 bits per heavy atom. The average Bonchev–Trinajstić information content (AvgIpc) is 2.84. The molecule has 38 heavy (non-hydrogen) atoms. The Morgan fingerprint density at radius 2 is 1.13 bits per heavy atom. The van der Waals surface area contributed by atoms with Crippen LogP contribution in [0.1, 0.15) is 53.5 Å². The number of non-ortho nitro benzene ring substituents is 1. The molecule has 1 aromatic carbocycles. The second-order valence-corrected chi connectivity index (χ2v) is 14.7. The fourth-order valence-corrected chi connectivity index (χ4v) is 12.7. The Labute approximate surface area is 224 Å². The molecule has 0 fully saturated rings. The molecular formula is C23H38NO11P3. The minimum atomic E-state index is -4.46. The highest BCUT2D eigenvalue weighted by atomic mass is 31.2. The number of hydrogen-bond donors (Lipinski definition) is 0. The van der Waals surface area contributed by atoms with Crippen LogP contribution >= 0.6 is 22.8 Å². The summed E-state index contributed by atoms with van der Waals surface area (Å²) >= 11 is 0. The number of rotatable bonds is 18. The molecule has 216 valence electrons. The summed E-state index contributed by atoms with van der Waals surface area (Å²) in [5.74, 6) is 5.65. The lowest BCUT2D eigenvalue weighted by molar-refractivity contribution is -0.384. The van der Waals surface area contributed by atoms with Crippen LogP contribution in [0.25, 0.3) is 0 Å². The Balaban J connectivity index is 3.95. The highest BCUT2D eigenvalue weighted by Crippen LogP contribution is 2.82. The summed E-state index contributed by atoms with van der Waals surface area (Å²) < 4.78 is 76.5. The van der Waals surface area contributed by atoms with Crippen molar-refractivity contribution in [2.75, 3.05) is 45.8 Å². The summed E-state index contributed by atoms with van der Waals surface area (Å²) in [5, 5.41) is 11.0. The van der Waals surface area contributed by atoms with Crippen LogP contribution in [-0.4, -0.2) is 55.6 Å². The van der Waals surface area contributed by atoms with E-state index in [0.717, 1.165) is 0 Å². The van der Waals surface area contributed by atoms with E-state index in [2.05, 4.69) is 11.8 Å². The fraction of sp³-hybridized carbons (Fsp3) is 0.652. The number of hydrogen-bond acceptors (Lipinski definition) is 11. The first kappa shape index (κ1) is 34.7. The molecule has 0 radical (unpaired) electrons. The van der Waals surface area contributed by atoms with Crippen molar-refractivity contribution in [3.8, 4) is 11.8 Å². The van der Waals surface area contributed by atoms with Gasteiger partial charge in [-0.1, -0.05) is 11.8 Å². The second-order valence-electron chi connectivity index (χ2n) is 7.54. The van der Waals surface area contributed by atoms with Crippen molar-refractivity contribution < 1.29 is 45.8 Å². The molecule has 0 spiro atoms. The second kappa shape index (κ2) is 16.0. The Bertz CT molecular complexity index is 1040. The molecule has 0 aliphatic rings. The quantitative estimate of drug-likeness (QED) is 0.0758. The van der Waals surface area contributed by atoms with Crippen molar-refractivity contribution in [2.24, 2.45) is 0 Å². The van der Waals surface area contributed by atoms with Crippen molar-refractivity contribution in [1.82, 2.24) is 0 Å². The van der Waals surface area contributed by atoms with Gasteiger partial charge in [-0.05, 0) is 53.7 Å². The van der Waals surface area contributed by atoms with Crippen LogP contribution in [0.4, 0.5) is 5.69 Å². The van der Waals surface area contributed by atoms with E-state index >= 15 is 0 Å². The molecule has 0 bridgehead atoms. The summed E-state index contributed by atoms with van der Waals surface area (Å²) in [7, 11) is -13.0. The smallest absolute Gasteiger partial charge is 0.309 e. The molecule has 0 aromatic heterocycles. The van der Waals surface area contributed by atoms with Gasteiger partial charge in [0.05, 0.1) is 50.7 Å². The van der Waals surface area contributed by atoms with Crippen molar-refractivity contribution in [2.45, 2.75) is 52.9 Å². The lowest BCUT2D eigenvalue weighted by Crippen LogP contribution is -2.37. The lowest BCUT2D eigenvalue weighted by Gasteiger charge is -2.42. The summed E-state index contributed by atoms with van der Waals surface area (Å²) in [5.41, 5.74) is 0.279. The Morgan fingerprint density at radius 1 is 0.737 bits per heavy atom. The van der Waals surface area contributed by atoms with Crippen LogP contribution in [0.3, 0.4) is 0 Å². The Kier molecular flexibility index (Phi) is 14.6. The molecule has 0 N–H and O–H groups in total. The minimum absolute atomic E-state index is 0.0109. The predicted molar refractivity (Wildman–Crippen MR) is 145 cm³/mol. The van der Waals surface area contributed by atoms with Crippen LogP contribution in [-0.2, 0) is 40.8 Å². The molecule has 12 nitrogen and oxygen atoms in total. The average molecular weight is 597 g/mol. The van der Waals surface area contributed by atoms with Gasteiger partial charge in [0, 0.05) is 24.1 Å². The predicted octanol–water partition coefficient (Wildman–Crippen LogP) is 6.83. The highest BCUT2D eigenvalue weighted by molar-refractivity contribution is 7.75. The summed E-state index contributed by atoms with van der Waals surface area (Å²) in [6.07, 6.45) is -1.16. The third-order valence-corrected chi connectivity index (χ3v) is 14.3. The van der Waals surface area contributed by atoms with Crippen molar-refractivity contribution in [3.63, 3.8) is 0 Å². The number of benzene rings is 1. The molecule has 0 aliphatic heterocycles. The van der Waals surface area contributed by atoms with E-state index in [1.807, 2.05) is 0 Å². The van der Waals surface area contributed by atoms with Gasteiger partial charge in [-0.15, -0.1) is 0 Å². The molecule has 0 amide bonds. The highest BCUT2D eigenvalue weighted by Gasteiger charge is 2.67. The van der Waals surface area contributed by atoms with E-state index in [-0.39, 0.29) is 45.3 Å². The van der Waals surface area contributed by atoms with E-state index < -0.39 is 45.2 Å². The molecule has 1 rings (SSSR count). The van der Waals surface area contributed by atoms with Crippen LogP contribution in [0.2, 0.25) is 0 Å². The fourth-order valence-electron chi connectivity index (χ4n) is 3.59. The summed E-state index contributed by atoms with van der Waals surface area (Å²) in [6.45, 7) is 9.13. The van der Waals surface area contributed by atoms with E-state index in [4.69, 9.17) is 27.1 Å². The van der Waals surface area contributed by atoms with E-state index in [0.29, 0.717) is 5.56 Å². The zero-order chi connectivity index (χ0) is 28.9. The summed E-state index contributed by atoms with van der Waals surface area (Å²) in [6, 6.07) is 5.44. The monoisotopic (exact) mass is 597 g/mol. The maximum atomic E-state index is 14.5. The minimum Gasteiger partial charge on any atom is -0.309 e. The number of nitro groups is 1. The zero-order valence-corrected chi connectivity index (χ0v) is 25.4. The van der Waals surface area contributed by atoms with Gasteiger partial charge in [-0.25, -0.2) is 0 Å². The Hall–Kier alpha value is -1.37. The van der Waals surface area contributed by atoms with E-state index in [1.54, 1.807) is 41.5 Å². The molecule has 0 aliphatic carbocycles. The molecule has 15 heteroatoms. The largest absolute Gasteiger partial charge is 0.350 e. The van der Waals surface area contributed by atoms with Gasteiger partial charge in [-0.3, -0.25) is 23.8 Å². The maximum Gasteiger partial charge on any atom is 0.350 e. The van der Waals surface area contributed by atoms with Gasteiger partial charge in [0.2, 0.25) is 0 Å². The van der Waals surface area contributed by atoms with Gasteiger partial charge < -0.3 is 27.1 Å². The number of nitro benzene ring substituents is 1. The molecule has 0 saturated carbocycles. The third-order valence-electron chi connectivity index (χ3n) is 5.00. The van der Waals surface area contributed by atoms with Crippen LogP contribution < -0.4 is 0 Å². The molecule has 0 unspecified atom stereocenters. The SMILES string of the molecule is CCOP(=O)(CC(CC#Cc1ccc([N+](=O)[O-])cc1)(P(=O)(OCC)OCC)P(=O)(OCC)OCC)OCC. The number of nitrogens with zero attached hydrogens (tertiary/aromatic N) is 1. The lowest BCUT2D eigenvalue weighted by atomic mass is 10.2. The topological polar surface area (TPSA) is 150 Å². The standard InChI is InChI=1S/C23H38NO11P3/c1-7-30-36(27,31-8-2)20-23(37(28,32-9-3)33-10-4,38(29,34-11-5)35-12-6)19-13-14-21-15-17-22(18-16-21)24(25)26/h15-18H,7-12,19-20H2,1-6H3. The van der Waals surface area contributed by atoms with E-state index in [1.165, 1.54) is 24.3 Å². The third kappa shape index (κ3) is 8.56. The normalized spacial score (nSPS) is 12.7. The molecule has 0 heterocycles. The first-order valence-electron chi connectivity index (χ1n) is 12.4. The molecule has 0 saturated heterocycles. The van der Waals surface area contributed by atoms with Gasteiger partial charge in [0.25, 0.3) is 5.69 Å². The van der Waals surface area contributed by atoms with Gasteiger partial charge in [0.1, 0.15) is 0 Å². The van der Waals surface area contributed by atoms with Crippen LogP contribution in [0, 0.1) is 22.0 Å². The van der Waals surface area contributed by atoms with Gasteiger partial charge in [-0.2, -0.15) is 0 Å². The summed E-state index contributed by atoms with van der Waals surface area (Å²) in [4.78, 5) is 8.22. The van der Waals surface area contributed by atoms with Crippen LogP contribution in [0.15, 0.2) is 24.3 Å². The first-order chi connectivity index (χ1) is 18.0. The van der Waals surface area contributed by atoms with Crippen LogP contribution in [0.5, 0.6) is 0 Å². The van der Waals surface area contributed by atoms with Gasteiger partial charge >= 0.3 is 22.8 Å². The van der Waals surface area contributed by atoms with Crippen molar-refractivity contribution in [3.05, 3.63) is 39.9 Å². The van der Waals surface area contributed by atoms with Crippen molar-refractivity contribution in [1.29, 1.82) is 0 Å². The van der Waals surface area contributed by atoms with E-state index in [9.17, 15) is 23.8 Å². The first-order valence-corrected chi connectivity index (χ1v) is 17.2. The molecule has 1 aromatic rings. The van der Waals surface area contributed by atoms with Gasteiger partial charge in [0.15, 0.2) is 4.90 Å². The molecular weight excluding hydrogens is 559 g/mol. The molecule has 0 atom stereocenters.